The summed E-state index contributed by atoms with van der Waals surface area (Å²) in [6.07, 6.45) is 0. The minimum Gasteiger partial charge on any atom is -0.311 e. The molecule has 2 heterocycles. The summed E-state index contributed by atoms with van der Waals surface area (Å²) >= 11 is 2.84. The molecule has 0 bridgehead atoms. The lowest BCUT2D eigenvalue weighted by Crippen LogP contribution is -2.12. The monoisotopic (exact) mass is 277 g/mol. The van der Waals surface area contributed by atoms with Crippen molar-refractivity contribution in [1.29, 1.82) is 5.26 Å². The fourth-order valence-corrected chi connectivity index (χ4v) is 3.08. The molecule has 0 spiro atoms. The summed E-state index contributed by atoms with van der Waals surface area (Å²) in [6.45, 7) is 5.66. The molecule has 0 saturated heterocycles. The van der Waals surface area contributed by atoms with Gasteiger partial charge in [0, 0.05) is 10.3 Å². The first-order valence-electron chi connectivity index (χ1n) is 5.26. The predicted octanol–water partition coefficient (Wildman–Crippen LogP) is 3.25. The number of amides is 1. The highest BCUT2D eigenvalue weighted by Gasteiger charge is 2.16. The van der Waals surface area contributed by atoms with E-state index in [0.717, 1.165) is 15.4 Å². The molecule has 0 aliphatic heterocycles. The van der Waals surface area contributed by atoms with Gasteiger partial charge in [0.1, 0.15) is 16.8 Å². The summed E-state index contributed by atoms with van der Waals surface area (Å²) in [5, 5.41) is 15.0. The van der Waals surface area contributed by atoms with Crippen LogP contribution >= 0.6 is 22.7 Å². The molecular weight excluding hydrogens is 266 g/mol. The molecule has 0 radical (unpaired) electrons. The second-order valence-electron chi connectivity index (χ2n) is 3.81. The summed E-state index contributed by atoms with van der Waals surface area (Å²) in [5.74, 6) is -0.267. The molecule has 18 heavy (non-hydrogen) atoms. The van der Waals surface area contributed by atoms with E-state index in [4.69, 9.17) is 5.26 Å². The maximum Gasteiger partial charge on any atom is 0.275 e. The number of hydrogen-bond acceptors (Lipinski definition) is 5. The molecule has 0 aliphatic carbocycles. The molecule has 0 saturated carbocycles. The van der Waals surface area contributed by atoms with E-state index in [2.05, 4.69) is 16.4 Å². The Labute approximate surface area is 113 Å². The van der Waals surface area contributed by atoms with Crippen LogP contribution in [-0.4, -0.2) is 10.9 Å². The molecule has 2 rings (SSSR count). The Bertz CT molecular complexity index is 649. The molecule has 0 fully saturated rings. The smallest absolute Gasteiger partial charge is 0.275 e. The van der Waals surface area contributed by atoms with Gasteiger partial charge in [0.05, 0.1) is 10.6 Å². The average molecular weight is 277 g/mol. The quantitative estimate of drug-likeness (QED) is 0.916. The number of hydrogen-bond donors (Lipinski definition) is 1. The molecule has 2 aromatic rings. The first-order valence-corrected chi connectivity index (χ1v) is 6.96. The van der Waals surface area contributed by atoms with E-state index in [1.54, 1.807) is 5.38 Å². The largest absolute Gasteiger partial charge is 0.311 e. The Balaban J connectivity index is 2.28. The second kappa shape index (κ2) is 4.88. The maximum atomic E-state index is 11.9. The third kappa shape index (κ3) is 2.28. The molecule has 92 valence electrons. The van der Waals surface area contributed by atoms with Gasteiger partial charge in [-0.3, -0.25) is 4.79 Å². The number of carbonyl (C=O) groups is 1. The number of thiazole rings is 1. The predicted molar refractivity (Wildman–Crippen MR) is 73.3 cm³/mol. The topological polar surface area (TPSA) is 65.8 Å². The van der Waals surface area contributed by atoms with Gasteiger partial charge in [-0.1, -0.05) is 0 Å². The van der Waals surface area contributed by atoms with E-state index < -0.39 is 0 Å². The van der Waals surface area contributed by atoms with Crippen molar-refractivity contribution in [3.8, 4) is 6.07 Å². The van der Waals surface area contributed by atoms with Gasteiger partial charge in [-0.2, -0.15) is 5.26 Å². The van der Waals surface area contributed by atoms with Gasteiger partial charge in [-0.05, 0) is 26.3 Å². The van der Waals surface area contributed by atoms with Crippen LogP contribution in [0.5, 0.6) is 0 Å². The van der Waals surface area contributed by atoms with E-state index in [-0.39, 0.29) is 5.91 Å². The lowest BCUT2D eigenvalue weighted by molar-refractivity contribution is 0.102. The summed E-state index contributed by atoms with van der Waals surface area (Å²) in [5.41, 5.74) is 1.86. The lowest BCUT2D eigenvalue weighted by Gasteiger charge is -2.00. The second-order valence-corrected chi connectivity index (χ2v) is 6.09. The van der Waals surface area contributed by atoms with Gasteiger partial charge >= 0.3 is 0 Å². The maximum absolute atomic E-state index is 11.9. The standard InChI is InChI=1S/C12H11N3OS2/c1-6-7(2)18-12(9(6)4-13)15-11(16)10-5-17-8(3)14-10/h5H,1-3H3,(H,15,16). The van der Waals surface area contributed by atoms with Crippen molar-refractivity contribution in [2.75, 3.05) is 5.32 Å². The number of nitrogens with zero attached hydrogens (tertiary/aromatic N) is 2. The van der Waals surface area contributed by atoms with Crippen LogP contribution in [0.4, 0.5) is 5.00 Å². The summed E-state index contributed by atoms with van der Waals surface area (Å²) in [6, 6.07) is 2.12. The first-order chi connectivity index (χ1) is 8.52. The number of aromatic nitrogens is 1. The van der Waals surface area contributed by atoms with Gasteiger partial charge in [0.2, 0.25) is 0 Å². The minimum atomic E-state index is -0.267. The molecule has 0 atom stereocenters. The molecule has 0 aliphatic rings. The lowest BCUT2D eigenvalue weighted by atomic mass is 10.2. The van der Waals surface area contributed by atoms with Crippen molar-refractivity contribution < 1.29 is 4.79 Å². The first kappa shape index (κ1) is 12.7. The summed E-state index contributed by atoms with van der Waals surface area (Å²) < 4.78 is 0. The van der Waals surface area contributed by atoms with Crippen LogP contribution in [-0.2, 0) is 0 Å². The van der Waals surface area contributed by atoms with E-state index in [1.807, 2.05) is 20.8 Å². The highest BCUT2D eigenvalue weighted by Crippen LogP contribution is 2.31. The van der Waals surface area contributed by atoms with Gasteiger partial charge in [-0.15, -0.1) is 22.7 Å². The Kier molecular flexibility index (Phi) is 3.45. The van der Waals surface area contributed by atoms with Crippen molar-refractivity contribution >= 4 is 33.6 Å². The molecule has 0 unspecified atom stereocenters. The highest BCUT2D eigenvalue weighted by molar-refractivity contribution is 7.16. The number of rotatable bonds is 2. The minimum absolute atomic E-state index is 0.267. The zero-order valence-corrected chi connectivity index (χ0v) is 11.8. The molecule has 0 aromatic carbocycles. The number of carbonyl (C=O) groups excluding carboxylic acids is 1. The van der Waals surface area contributed by atoms with Crippen LogP contribution in [0.25, 0.3) is 0 Å². The molecule has 1 amide bonds. The van der Waals surface area contributed by atoms with E-state index in [1.165, 1.54) is 22.7 Å². The Morgan fingerprint density at radius 2 is 2.17 bits per heavy atom. The van der Waals surface area contributed by atoms with Gasteiger partial charge < -0.3 is 5.32 Å². The molecule has 4 nitrogen and oxygen atoms in total. The van der Waals surface area contributed by atoms with Crippen molar-refractivity contribution in [3.63, 3.8) is 0 Å². The third-order valence-corrected chi connectivity index (χ3v) is 4.47. The van der Waals surface area contributed by atoms with Crippen LogP contribution < -0.4 is 5.32 Å². The average Bonchev–Trinajstić information content (AvgIpc) is 2.85. The van der Waals surface area contributed by atoms with Crippen molar-refractivity contribution in [1.82, 2.24) is 4.98 Å². The number of nitriles is 1. The zero-order chi connectivity index (χ0) is 13.3. The fourth-order valence-electron chi connectivity index (χ4n) is 1.48. The molecule has 2 aromatic heterocycles. The SMILES string of the molecule is Cc1nc(C(=O)Nc2sc(C)c(C)c2C#N)cs1. The van der Waals surface area contributed by atoms with Crippen LogP contribution in [0.15, 0.2) is 5.38 Å². The van der Waals surface area contributed by atoms with Crippen molar-refractivity contribution in [2.24, 2.45) is 0 Å². The Hall–Kier alpha value is -1.71. The summed E-state index contributed by atoms with van der Waals surface area (Å²) in [7, 11) is 0. The zero-order valence-electron chi connectivity index (χ0n) is 10.2. The van der Waals surface area contributed by atoms with E-state index in [9.17, 15) is 4.79 Å². The van der Waals surface area contributed by atoms with Crippen LogP contribution in [0.1, 0.15) is 31.5 Å². The van der Waals surface area contributed by atoms with E-state index >= 15 is 0 Å². The highest BCUT2D eigenvalue weighted by atomic mass is 32.1. The Morgan fingerprint density at radius 1 is 1.44 bits per heavy atom. The fraction of sp³-hybridized carbons (Fsp3) is 0.250. The number of aryl methyl sites for hydroxylation is 2. The van der Waals surface area contributed by atoms with Gasteiger partial charge in [-0.25, -0.2) is 4.98 Å². The number of anilines is 1. The van der Waals surface area contributed by atoms with Crippen molar-refractivity contribution in [3.05, 3.63) is 32.1 Å². The van der Waals surface area contributed by atoms with Crippen LogP contribution in [0.3, 0.4) is 0 Å². The molecule has 1 N–H and O–H groups in total. The molecule has 6 heteroatoms. The Morgan fingerprint density at radius 3 is 2.72 bits per heavy atom. The number of nitrogens with one attached hydrogen (secondary N) is 1. The van der Waals surface area contributed by atoms with Crippen LogP contribution in [0.2, 0.25) is 0 Å². The van der Waals surface area contributed by atoms with Crippen molar-refractivity contribution in [2.45, 2.75) is 20.8 Å². The molecular formula is C12H11N3OS2. The summed E-state index contributed by atoms with van der Waals surface area (Å²) in [4.78, 5) is 17.1. The normalized spacial score (nSPS) is 10.1. The van der Waals surface area contributed by atoms with Gasteiger partial charge in [0.15, 0.2) is 0 Å². The third-order valence-electron chi connectivity index (χ3n) is 2.58. The van der Waals surface area contributed by atoms with Gasteiger partial charge in [0.25, 0.3) is 5.91 Å². The van der Waals surface area contributed by atoms with Crippen LogP contribution in [0, 0.1) is 32.1 Å². The van der Waals surface area contributed by atoms with E-state index in [0.29, 0.717) is 16.3 Å². The number of thiophene rings is 1.